The van der Waals surface area contributed by atoms with Crippen molar-refractivity contribution in [1.29, 1.82) is 0 Å². The lowest BCUT2D eigenvalue weighted by atomic mass is 9.94. The molecule has 2 aromatic carbocycles. The lowest BCUT2D eigenvalue weighted by molar-refractivity contribution is -0.120. The summed E-state index contributed by atoms with van der Waals surface area (Å²) in [4.78, 5) is 12.6. The third kappa shape index (κ3) is 3.89. The van der Waals surface area contributed by atoms with Crippen molar-refractivity contribution in [2.75, 3.05) is 21.9 Å². The molecule has 0 aliphatic carbocycles. The van der Waals surface area contributed by atoms with E-state index >= 15 is 0 Å². The topological polar surface area (TPSA) is 92.5 Å². The van der Waals surface area contributed by atoms with E-state index in [2.05, 4.69) is 5.32 Å². The molecule has 1 aliphatic heterocycles. The van der Waals surface area contributed by atoms with Crippen LogP contribution in [0, 0.1) is 5.92 Å². The maximum absolute atomic E-state index is 12.6. The molecule has 2 unspecified atom stereocenters. The zero-order valence-corrected chi connectivity index (χ0v) is 15.4. The smallest absolute Gasteiger partial charge is 0.235 e. The number of nitrogens with two attached hydrogens (primary N) is 1. The van der Waals surface area contributed by atoms with Gasteiger partial charge in [0.2, 0.25) is 15.9 Å². The highest BCUT2D eigenvalue weighted by Crippen LogP contribution is 2.27. The summed E-state index contributed by atoms with van der Waals surface area (Å²) in [5, 5.41) is 2.84. The molecule has 3 rings (SSSR count). The zero-order chi connectivity index (χ0) is 18.7. The van der Waals surface area contributed by atoms with Crippen molar-refractivity contribution in [3.8, 4) is 0 Å². The van der Waals surface area contributed by atoms with Crippen LogP contribution in [-0.2, 0) is 14.8 Å². The van der Waals surface area contributed by atoms with Gasteiger partial charge in [0.05, 0.1) is 17.4 Å². The van der Waals surface area contributed by atoms with Gasteiger partial charge in [0, 0.05) is 18.3 Å². The Morgan fingerprint density at radius 3 is 2.54 bits per heavy atom. The number of sulfonamides is 1. The zero-order valence-electron chi connectivity index (χ0n) is 14.6. The highest BCUT2D eigenvalue weighted by atomic mass is 32.2. The van der Waals surface area contributed by atoms with Crippen molar-refractivity contribution >= 4 is 27.3 Å². The fourth-order valence-corrected chi connectivity index (χ4v) is 4.61. The maximum atomic E-state index is 12.6. The summed E-state index contributed by atoms with van der Waals surface area (Å²) in [6, 6.07) is 15.9. The van der Waals surface area contributed by atoms with Crippen LogP contribution in [0.2, 0.25) is 0 Å². The maximum Gasteiger partial charge on any atom is 0.235 e. The van der Waals surface area contributed by atoms with Crippen LogP contribution >= 0.6 is 0 Å². The van der Waals surface area contributed by atoms with Crippen LogP contribution in [0.15, 0.2) is 54.6 Å². The third-order valence-electron chi connectivity index (χ3n) is 4.64. The predicted molar refractivity (Wildman–Crippen MR) is 103 cm³/mol. The van der Waals surface area contributed by atoms with E-state index in [0.29, 0.717) is 24.3 Å². The number of benzene rings is 2. The van der Waals surface area contributed by atoms with Gasteiger partial charge in [-0.05, 0) is 30.2 Å². The van der Waals surface area contributed by atoms with Gasteiger partial charge in [0.25, 0.3) is 0 Å². The summed E-state index contributed by atoms with van der Waals surface area (Å²) in [5.41, 5.74) is 8.23. The Balaban J connectivity index is 1.73. The number of nitrogens with one attached hydrogen (secondary N) is 1. The van der Waals surface area contributed by atoms with Gasteiger partial charge >= 0.3 is 0 Å². The van der Waals surface area contributed by atoms with Crippen LogP contribution in [0.25, 0.3) is 0 Å². The van der Waals surface area contributed by atoms with E-state index < -0.39 is 22.0 Å². The Morgan fingerprint density at radius 1 is 1.15 bits per heavy atom. The first-order chi connectivity index (χ1) is 12.4. The van der Waals surface area contributed by atoms with Gasteiger partial charge in [0.15, 0.2) is 0 Å². The second-order valence-corrected chi connectivity index (χ2v) is 8.52. The molecule has 6 nitrogen and oxygen atoms in total. The number of carbonyl (C=O) groups is 1. The van der Waals surface area contributed by atoms with Crippen molar-refractivity contribution in [2.45, 2.75) is 19.4 Å². The Kier molecular flexibility index (Phi) is 5.29. The van der Waals surface area contributed by atoms with Crippen molar-refractivity contribution in [2.24, 2.45) is 11.7 Å². The fraction of sp³-hybridized carbons (Fsp3) is 0.316. The van der Waals surface area contributed by atoms with Crippen molar-refractivity contribution < 1.29 is 13.2 Å². The average Bonchev–Trinajstić information content (AvgIpc) is 3.00. The van der Waals surface area contributed by atoms with E-state index in [-0.39, 0.29) is 11.7 Å². The molecule has 0 saturated carbocycles. The van der Waals surface area contributed by atoms with Crippen LogP contribution in [0.5, 0.6) is 0 Å². The van der Waals surface area contributed by atoms with Crippen molar-refractivity contribution in [1.82, 2.24) is 0 Å². The molecule has 2 atom stereocenters. The second-order valence-electron chi connectivity index (χ2n) is 6.51. The Hall–Kier alpha value is -2.38. The van der Waals surface area contributed by atoms with E-state index in [1.807, 2.05) is 30.3 Å². The summed E-state index contributed by atoms with van der Waals surface area (Å²) >= 11 is 0. The molecule has 0 bridgehead atoms. The fourth-order valence-electron chi connectivity index (χ4n) is 3.05. The molecule has 1 saturated heterocycles. The van der Waals surface area contributed by atoms with Gasteiger partial charge in [-0.3, -0.25) is 9.10 Å². The van der Waals surface area contributed by atoms with E-state index in [1.165, 1.54) is 4.31 Å². The standard InChI is InChI=1S/C19H23N3O3S/c1-14(18(20)15-7-3-2-4-8-15)19(23)21-16-9-5-10-17(13-16)22-11-6-12-26(22,24)25/h2-5,7-10,13-14,18H,6,11-12,20H2,1H3,(H,21,23). The van der Waals surface area contributed by atoms with Crippen LogP contribution in [-0.4, -0.2) is 26.6 Å². The minimum Gasteiger partial charge on any atom is -0.326 e. The van der Waals surface area contributed by atoms with E-state index in [9.17, 15) is 13.2 Å². The molecule has 2 aromatic rings. The van der Waals surface area contributed by atoms with Crippen molar-refractivity contribution in [3.05, 3.63) is 60.2 Å². The van der Waals surface area contributed by atoms with Crippen LogP contribution < -0.4 is 15.4 Å². The van der Waals surface area contributed by atoms with Gasteiger partial charge in [-0.2, -0.15) is 0 Å². The molecule has 0 aromatic heterocycles. The van der Waals surface area contributed by atoms with Crippen LogP contribution in [0.3, 0.4) is 0 Å². The Bertz CT molecular complexity index is 884. The predicted octanol–water partition coefficient (Wildman–Crippen LogP) is 2.50. The monoisotopic (exact) mass is 373 g/mol. The second kappa shape index (κ2) is 7.47. The third-order valence-corrected chi connectivity index (χ3v) is 6.51. The lowest BCUT2D eigenvalue weighted by Crippen LogP contribution is -2.30. The van der Waals surface area contributed by atoms with E-state index in [0.717, 1.165) is 5.56 Å². The number of carbonyl (C=O) groups excluding carboxylic acids is 1. The normalized spacial score (nSPS) is 18.3. The summed E-state index contributed by atoms with van der Waals surface area (Å²) < 4.78 is 25.5. The summed E-state index contributed by atoms with van der Waals surface area (Å²) in [5.74, 6) is -0.480. The first kappa shape index (κ1) is 18.4. The molecule has 1 aliphatic rings. The van der Waals surface area contributed by atoms with Crippen LogP contribution in [0.4, 0.5) is 11.4 Å². The number of hydrogen-bond donors (Lipinski definition) is 2. The highest BCUT2D eigenvalue weighted by Gasteiger charge is 2.28. The molecule has 1 amide bonds. The Labute approximate surface area is 154 Å². The quantitative estimate of drug-likeness (QED) is 0.842. The summed E-state index contributed by atoms with van der Waals surface area (Å²) in [6.45, 7) is 2.25. The van der Waals surface area contributed by atoms with Gasteiger partial charge in [-0.15, -0.1) is 0 Å². The summed E-state index contributed by atoms with van der Waals surface area (Å²) in [7, 11) is -3.25. The molecule has 1 heterocycles. The van der Waals surface area contributed by atoms with Gasteiger partial charge in [-0.25, -0.2) is 8.42 Å². The molecule has 0 spiro atoms. The highest BCUT2D eigenvalue weighted by molar-refractivity contribution is 7.93. The number of amides is 1. The van der Waals surface area contributed by atoms with Gasteiger partial charge in [0.1, 0.15) is 0 Å². The molecular formula is C19H23N3O3S. The van der Waals surface area contributed by atoms with E-state index in [1.54, 1.807) is 31.2 Å². The molecule has 1 fully saturated rings. The molecule has 26 heavy (non-hydrogen) atoms. The SMILES string of the molecule is CC(C(=O)Nc1cccc(N2CCCS2(=O)=O)c1)C(N)c1ccccc1. The van der Waals surface area contributed by atoms with Gasteiger partial charge < -0.3 is 11.1 Å². The van der Waals surface area contributed by atoms with Crippen molar-refractivity contribution in [3.63, 3.8) is 0 Å². The minimum absolute atomic E-state index is 0.159. The molecular weight excluding hydrogens is 350 g/mol. The van der Waals surface area contributed by atoms with Crippen LogP contribution in [0.1, 0.15) is 24.9 Å². The molecule has 138 valence electrons. The first-order valence-corrected chi connectivity index (χ1v) is 10.2. The van der Waals surface area contributed by atoms with Gasteiger partial charge in [-0.1, -0.05) is 43.3 Å². The minimum atomic E-state index is -3.25. The van der Waals surface area contributed by atoms with E-state index in [4.69, 9.17) is 5.73 Å². The lowest BCUT2D eigenvalue weighted by Gasteiger charge is -2.21. The first-order valence-electron chi connectivity index (χ1n) is 8.60. The number of nitrogens with zero attached hydrogens (tertiary/aromatic N) is 1. The molecule has 3 N–H and O–H groups in total. The average molecular weight is 373 g/mol. The Morgan fingerprint density at radius 2 is 1.88 bits per heavy atom. The molecule has 7 heteroatoms. The number of rotatable bonds is 5. The molecule has 0 radical (unpaired) electrons. The largest absolute Gasteiger partial charge is 0.326 e. The summed E-state index contributed by atoms with van der Waals surface area (Å²) in [6.07, 6.45) is 0.613. The number of anilines is 2. The number of hydrogen-bond acceptors (Lipinski definition) is 4.